The topological polar surface area (TPSA) is 23.6 Å². The highest BCUT2D eigenvalue weighted by Gasteiger charge is 2.24. The average molecular weight is 288 g/mol. The molecule has 0 aliphatic carbocycles. The summed E-state index contributed by atoms with van der Waals surface area (Å²) in [5.74, 6) is 0.870. The van der Waals surface area contributed by atoms with E-state index in [4.69, 9.17) is 0 Å². The third-order valence-corrected chi connectivity index (χ3v) is 4.44. The maximum atomic E-state index is 12.7. The Bertz CT molecular complexity index is 436. The Kier molecular flexibility index (Phi) is 5.80. The van der Waals surface area contributed by atoms with E-state index in [2.05, 4.69) is 37.9 Å². The summed E-state index contributed by atoms with van der Waals surface area (Å²) in [6, 6.07) is 10.5. The minimum Gasteiger partial charge on any atom is -0.336 e. The van der Waals surface area contributed by atoms with Crippen molar-refractivity contribution in [2.45, 2.75) is 45.7 Å². The van der Waals surface area contributed by atoms with E-state index in [9.17, 15) is 4.79 Å². The van der Waals surface area contributed by atoms with Crippen LogP contribution in [0.4, 0.5) is 0 Å². The van der Waals surface area contributed by atoms with Gasteiger partial charge in [0, 0.05) is 19.0 Å². The second-order valence-corrected chi connectivity index (χ2v) is 6.55. The number of benzene rings is 1. The van der Waals surface area contributed by atoms with E-state index < -0.39 is 0 Å². The van der Waals surface area contributed by atoms with Gasteiger partial charge in [-0.15, -0.1) is 0 Å². The monoisotopic (exact) mass is 288 g/mol. The lowest BCUT2D eigenvalue weighted by atomic mass is 9.93. The van der Waals surface area contributed by atoms with Gasteiger partial charge in [-0.25, -0.2) is 0 Å². The smallest absolute Gasteiger partial charge is 0.223 e. The molecule has 1 fully saturated rings. The number of nitrogens with zero attached hydrogens (tertiary/aromatic N) is 2. The van der Waals surface area contributed by atoms with E-state index in [0.717, 1.165) is 32.5 Å². The van der Waals surface area contributed by atoms with Crippen molar-refractivity contribution in [3.05, 3.63) is 35.9 Å². The summed E-state index contributed by atoms with van der Waals surface area (Å²) in [4.78, 5) is 17.0. The molecule has 3 heteroatoms. The van der Waals surface area contributed by atoms with Gasteiger partial charge in [-0.2, -0.15) is 0 Å². The van der Waals surface area contributed by atoms with Gasteiger partial charge in [0.15, 0.2) is 0 Å². The van der Waals surface area contributed by atoms with Crippen LogP contribution >= 0.6 is 0 Å². The zero-order chi connectivity index (χ0) is 15.2. The number of rotatable bonds is 5. The Morgan fingerprint density at radius 2 is 1.86 bits per heavy atom. The van der Waals surface area contributed by atoms with Gasteiger partial charge < -0.3 is 9.80 Å². The molecule has 0 N–H and O–H groups in total. The van der Waals surface area contributed by atoms with E-state index in [1.165, 1.54) is 5.56 Å². The average Bonchev–Trinajstić information content (AvgIpc) is 2.48. The molecule has 0 bridgehead atoms. The second-order valence-electron chi connectivity index (χ2n) is 6.55. The molecule has 1 aromatic rings. The Balaban J connectivity index is 1.93. The highest BCUT2D eigenvalue weighted by atomic mass is 16.2. The molecule has 1 amide bonds. The van der Waals surface area contributed by atoms with Gasteiger partial charge in [0.2, 0.25) is 5.91 Å². The molecule has 0 saturated carbocycles. The molecule has 1 aromatic carbocycles. The van der Waals surface area contributed by atoms with Crippen LogP contribution < -0.4 is 0 Å². The van der Waals surface area contributed by atoms with Crippen LogP contribution in [0.1, 0.15) is 38.7 Å². The van der Waals surface area contributed by atoms with Gasteiger partial charge >= 0.3 is 0 Å². The summed E-state index contributed by atoms with van der Waals surface area (Å²) in [5, 5.41) is 0. The van der Waals surface area contributed by atoms with Crippen LogP contribution in [0.3, 0.4) is 0 Å². The van der Waals surface area contributed by atoms with Crippen LogP contribution in [0.2, 0.25) is 0 Å². The Labute approximate surface area is 128 Å². The molecule has 0 spiro atoms. The zero-order valence-corrected chi connectivity index (χ0v) is 13.6. The summed E-state index contributed by atoms with van der Waals surface area (Å²) < 4.78 is 0. The lowest BCUT2D eigenvalue weighted by Crippen LogP contribution is -2.39. The highest BCUT2D eigenvalue weighted by molar-refractivity contribution is 5.76. The van der Waals surface area contributed by atoms with Gasteiger partial charge in [0.25, 0.3) is 0 Å². The maximum absolute atomic E-state index is 12.7. The molecule has 2 rings (SSSR count). The van der Waals surface area contributed by atoms with Crippen LogP contribution in [0.15, 0.2) is 30.3 Å². The molecule has 1 saturated heterocycles. The fourth-order valence-electron chi connectivity index (χ4n) is 2.97. The number of piperidine rings is 1. The summed E-state index contributed by atoms with van der Waals surface area (Å²) >= 11 is 0. The molecular weight excluding hydrogens is 260 g/mol. The third kappa shape index (κ3) is 4.85. The fourth-order valence-corrected chi connectivity index (χ4v) is 2.97. The standard InChI is InChI=1S/C18H28N2O/c1-15(2)20(14-17-7-5-4-6-8-17)18(21)13-16-9-11-19(3)12-10-16/h4-8,15-16H,9-14H2,1-3H3. The summed E-state index contributed by atoms with van der Waals surface area (Å²) in [6.45, 7) is 7.19. The van der Waals surface area contributed by atoms with Crippen molar-refractivity contribution in [3.63, 3.8) is 0 Å². The SMILES string of the molecule is CC(C)N(Cc1ccccc1)C(=O)CC1CCN(C)CC1. The van der Waals surface area contributed by atoms with Gasteiger partial charge in [-0.05, 0) is 58.3 Å². The van der Waals surface area contributed by atoms with E-state index in [1.807, 2.05) is 23.1 Å². The molecule has 0 atom stereocenters. The molecular formula is C18H28N2O. The van der Waals surface area contributed by atoms with Crippen molar-refractivity contribution in [1.29, 1.82) is 0 Å². The molecule has 116 valence electrons. The largest absolute Gasteiger partial charge is 0.336 e. The second kappa shape index (κ2) is 7.60. The number of hydrogen-bond donors (Lipinski definition) is 0. The minimum atomic E-state index is 0.254. The van der Waals surface area contributed by atoms with Crippen LogP contribution in [-0.4, -0.2) is 41.9 Å². The number of carbonyl (C=O) groups is 1. The first-order valence-electron chi connectivity index (χ1n) is 8.08. The van der Waals surface area contributed by atoms with Crippen molar-refractivity contribution >= 4 is 5.91 Å². The van der Waals surface area contributed by atoms with E-state index in [0.29, 0.717) is 18.2 Å². The fraction of sp³-hybridized carbons (Fsp3) is 0.611. The van der Waals surface area contributed by atoms with Gasteiger partial charge in [0.1, 0.15) is 0 Å². The van der Waals surface area contributed by atoms with Crippen molar-refractivity contribution < 1.29 is 4.79 Å². The van der Waals surface area contributed by atoms with Crippen LogP contribution in [0, 0.1) is 5.92 Å². The Hall–Kier alpha value is -1.35. The van der Waals surface area contributed by atoms with Crippen LogP contribution in [0.5, 0.6) is 0 Å². The highest BCUT2D eigenvalue weighted by Crippen LogP contribution is 2.21. The molecule has 0 aromatic heterocycles. The summed E-state index contributed by atoms with van der Waals surface area (Å²) in [5.41, 5.74) is 1.21. The van der Waals surface area contributed by atoms with E-state index in [1.54, 1.807) is 0 Å². The minimum absolute atomic E-state index is 0.254. The first-order chi connectivity index (χ1) is 10.1. The molecule has 1 aliphatic heterocycles. The Morgan fingerprint density at radius 1 is 1.24 bits per heavy atom. The first-order valence-corrected chi connectivity index (χ1v) is 8.08. The molecule has 21 heavy (non-hydrogen) atoms. The van der Waals surface area contributed by atoms with Crippen molar-refractivity contribution in [2.75, 3.05) is 20.1 Å². The number of amides is 1. The molecule has 1 aliphatic rings. The third-order valence-electron chi connectivity index (χ3n) is 4.44. The maximum Gasteiger partial charge on any atom is 0.223 e. The quantitative estimate of drug-likeness (QED) is 0.831. The predicted octanol–water partition coefficient (Wildman–Crippen LogP) is 3.16. The van der Waals surface area contributed by atoms with Gasteiger partial charge in [0.05, 0.1) is 0 Å². The zero-order valence-electron chi connectivity index (χ0n) is 13.6. The predicted molar refractivity (Wildman–Crippen MR) is 87.0 cm³/mol. The van der Waals surface area contributed by atoms with Gasteiger partial charge in [-0.3, -0.25) is 4.79 Å². The summed E-state index contributed by atoms with van der Waals surface area (Å²) in [6.07, 6.45) is 3.01. The van der Waals surface area contributed by atoms with Crippen molar-refractivity contribution in [3.8, 4) is 0 Å². The van der Waals surface area contributed by atoms with E-state index in [-0.39, 0.29) is 6.04 Å². The first kappa shape index (κ1) is 16.0. The Morgan fingerprint density at radius 3 is 2.43 bits per heavy atom. The van der Waals surface area contributed by atoms with Gasteiger partial charge in [-0.1, -0.05) is 30.3 Å². The lowest BCUT2D eigenvalue weighted by molar-refractivity contribution is -0.134. The number of hydrogen-bond acceptors (Lipinski definition) is 2. The van der Waals surface area contributed by atoms with Crippen molar-refractivity contribution in [1.82, 2.24) is 9.80 Å². The normalized spacial score (nSPS) is 17.1. The summed E-state index contributed by atoms with van der Waals surface area (Å²) in [7, 11) is 2.16. The molecule has 0 radical (unpaired) electrons. The van der Waals surface area contributed by atoms with E-state index >= 15 is 0 Å². The molecule has 1 heterocycles. The van der Waals surface area contributed by atoms with Crippen LogP contribution in [-0.2, 0) is 11.3 Å². The number of likely N-dealkylation sites (tertiary alicyclic amines) is 1. The van der Waals surface area contributed by atoms with Crippen LogP contribution in [0.25, 0.3) is 0 Å². The lowest BCUT2D eigenvalue weighted by Gasteiger charge is -2.32. The molecule has 3 nitrogen and oxygen atoms in total. The molecule has 0 unspecified atom stereocenters. The van der Waals surface area contributed by atoms with Crippen molar-refractivity contribution in [2.24, 2.45) is 5.92 Å². The number of carbonyl (C=O) groups excluding carboxylic acids is 1.